The second kappa shape index (κ2) is 7.02. The molecule has 1 aromatic carbocycles. The van der Waals surface area contributed by atoms with Crippen LogP contribution in [0.1, 0.15) is 18.1 Å². The van der Waals surface area contributed by atoms with Crippen molar-refractivity contribution in [3.63, 3.8) is 0 Å². The van der Waals surface area contributed by atoms with Crippen molar-refractivity contribution in [2.45, 2.75) is 20.8 Å². The summed E-state index contributed by atoms with van der Waals surface area (Å²) >= 11 is 0. The van der Waals surface area contributed by atoms with Gasteiger partial charge in [0.1, 0.15) is 18.1 Å². The van der Waals surface area contributed by atoms with Gasteiger partial charge in [0.2, 0.25) is 0 Å². The molecule has 1 N–H and O–H groups in total. The lowest BCUT2D eigenvalue weighted by Gasteiger charge is -2.13. The van der Waals surface area contributed by atoms with Gasteiger partial charge in [0.05, 0.1) is 0 Å². The third-order valence-corrected chi connectivity index (χ3v) is 2.31. The predicted molar refractivity (Wildman–Crippen MR) is 71.7 cm³/mol. The van der Waals surface area contributed by atoms with E-state index in [-0.39, 0.29) is 0 Å². The number of hydrogen-bond donors (Lipinski definition) is 1. The molecule has 0 amide bonds. The maximum Gasteiger partial charge on any atom is 0.477 e. The zero-order valence-electron chi connectivity index (χ0n) is 10.9. The van der Waals surface area contributed by atoms with Gasteiger partial charge in [0.25, 0.3) is 0 Å². The van der Waals surface area contributed by atoms with Gasteiger partial charge in [-0.3, -0.25) is 0 Å². The Morgan fingerprint density at radius 1 is 1.29 bits per heavy atom. The molecule has 91 valence electrons. The number of hydrogen-bond acceptors (Lipinski definition) is 3. The highest BCUT2D eigenvalue weighted by Gasteiger charge is 2.07. The lowest BCUT2D eigenvalue weighted by Crippen LogP contribution is -2.20. The van der Waals surface area contributed by atoms with E-state index in [1.165, 1.54) is 0 Å². The SMILES string of the molecule is C/C=C/COc1cc(C)c(O[B]NC)c(C)c1. The van der Waals surface area contributed by atoms with Crippen LogP contribution in [0.4, 0.5) is 0 Å². The van der Waals surface area contributed by atoms with Crippen LogP contribution in [0, 0.1) is 13.8 Å². The molecule has 1 radical (unpaired) electrons. The van der Waals surface area contributed by atoms with Crippen LogP contribution in [-0.2, 0) is 0 Å². The molecule has 0 saturated carbocycles. The summed E-state index contributed by atoms with van der Waals surface area (Å²) in [6.45, 7) is 6.59. The molecular weight excluding hydrogens is 213 g/mol. The molecule has 0 aromatic heterocycles. The highest BCUT2D eigenvalue weighted by molar-refractivity contribution is 6.24. The van der Waals surface area contributed by atoms with E-state index in [0.29, 0.717) is 6.61 Å². The number of allylic oxidation sites excluding steroid dienone is 1. The number of benzene rings is 1. The number of aryl methyl sites for hydroxylation is 2. The minimum Gasteiger partial charge on any atom is -0.548 e. The van der Waals surface area contributed by atoms with E-state index in [2.05, 4.69) is 5.23 Å². The maximum absolute atomic E-state index is 5.60. The largest absolute Gasteiger partial charge is 0.548 e. The van der Waals surface area contributed by atoms with Gasteiger partial charge in [-0.05, 0) is 51.1 Å². The molecule has 0 unspecified atom stereocenters. The zero-order chi connectivity index (χ0) is 12.7. The lowest BCUT2D eigenvalue weighted by atomic mass is 10.1. The van der Waals surface area contributed by atoms with Gasteiger partial charge >= 0.3 is 7.62 Å². The van der Waals surface area contributed by atoms with Crippen molar-refractivity contribution in [3.8, 4) is 11.5 Å². The fourth-order valence-corrected chi connectivity index (χ4v) is 1.54. The van der Waals surface area contributed by atoms with Crippen molar-refractivity contribution in [1.29, 1.82) is 0 Å². The molecule has 0 bridgehead atoms. The summed E-state index contributed by atoms with van der Waals surface area (Å²) in [4.78, 5) is 0. The van der Waals surface area contributed by atoms with Crippen LogP contribution in [0.25, 0.3) is 0 Å². The van der Waals surface area contributed by atoms with E-state index < -0.39 is 0 Å². The summed E-state index contributed by atoms with van der Waals surface area (Å²) in [5.41, 5.74) is 2.12. The second-order valence-corrected chi connectivity index (χ2v) is 3.79. The first-order valence-corrected chi connectivity index (χ1v) is 5.69. The van der Waals surface area contributed by atoms with Gasteiger partial charge in [-0.25, -0.2) is 0 Å². The van der Waals surface area contributed by atoms with Gasteiger partial charge < -0.3 is 14.6 Å². The Balaban J connectivity index is 2.77. The van der Waals surface area contributed by atoms with Crippen molar-refractivity contribution in [1.82, 2.24) is 5.23 Å². The van der Waals surface area contributed by atoms with Crippen molar-refractivity contribution in [2.24, 2.45) is 0 Å². The molecule has 0 saturated heterocycles. The van der Waals surface area contributed by atoms with E-state index >= 15 is 0 Å². The molecule has 0 atom stereocenters. The standard InChI is InChI=1S/C13H19BNO2/c1-5-6-7-16-12-8-10(2)13(11(3)9-12)17-14-15-4/h5-6,8-9,15H,7H2,1-4H3/b6-5+. The summed E-state index contributed by atoms with van der Waals surface area (Å²) in [5.74, 6) is 1.74. The van der Waals surface area contributed by atoms with Crippen molar-refractivity contribution in [3.05, 3.63) is 35.4 Å². The van der Waals surface area contributed by atoms with E-state index in [9.17, 15) is 0 Å². The molecule has 0 aliphatic rings. The highest BCUT2D eigenvalue weighted by Crippen LogP contribution is 2.28. The summed E-state index contributed by atoms with van der Waals surface area (Å²) < 4.78 is 11.1. The normalized spacial score (nSPS) is 10.6. The monoisotopic (exact) mass is 232 g/mol. The molecular formula is C13H19BNO2. The number of ether oxygens (including phenoxy) is 1. The number of rotatable bonds is 6. The first kappa shape index (κ1) is 13.6. The zero-order valence-corrected chi connectivity index (χ0v) is 10.9. The Labute approximate surface area is 104 Å². The van der Waals surface area contributed by atoms with Gasteiger partial charge in [-0.15, -0.1) is 0 Å². The van der Waals surface area contributed by atoms with E-state index in [1.54, 1.807) is 14.7 Å². The first-order valence-electron chi connectivity index (χ1n) is 5.69. The Hall–Kier alpha value is -1.42. The average molecular weight is 232 g/mol. The van der Waals surface area contributed by atoms with Crippen LogP contribution in [0.5, 0.6) is 11.5 Å². The molecule has 0 fully saturated rings. The number of nitrogens with one attached hydrogen (secondary N) is 1. The van der Waals surface area contributed by atoms with E-state index in [1.807, 2.05) is 45.1 Å². The Morgan fingerprint density at radius 3 is 2.47 bits per heavy atom. The van der Waals surface area contributed by atoms with Crippen LogP contribution in [0.2, 0.25) is 0 Å². The van der Waals surface area contributed by atoms with Gasteiger partial charge in [0, 0.05) is 0 Å². The van der Waals surface area contributed by atoms with E-state index in [4.69, 9.17) is 9.39 Å². The van der Waals surface area contributed by atoms with Gasteiger partial charge in [-0.2, -0.15) is 0 Å². The summed E-state index contributed by atoms with van der Waals surface area (Å²) in [7, 11) is 3.37. The topological polar surface area (TPSA) is 30.5 Å². The quantitative estimate of drug-likeness (QED) is 0.603. The van der Waals surface area contributed by atoms with Crippen LogP contribution in [0.3, 0.4) is 0 Å². The molecule has 0 aliphatic carbocycles. The molecule has 0 aliphatic heterocycles. The third-order valence-electron chi connectivity index (χ3n) is 2.31. The van der Waals surface area contributed by atoms with Crippen LogP contribution in [0.15, 0.2) is 24.3 Å². The summed E-state index contributed by atoms with van der Waals surface area (Å²) in [6.07, 6.45) is 3.95. The second-order valence-electron chi connectivity index (χ2n) is 3.79. The molecule has 0 heterocycles. The Kier molecular flexibility index (Phi) is 5.63. The van der Waals surface area contributed by atoms with Crippen molar-refractivity contribution < 1.29 is 9.39 Å². The fourth-order valence-electron chi connectivity index (χ4n) is 1.54. The minimum absolute atomic E-state index is 0.595. The van der Waals surface area contributed by atoms with Crippen LogP contribution < -0.4 is 14.6 Å². The highest BCUT2D eigenvalue weighted by atomic mass is 16.5. The summed E-state index contributed by atoms with van der Waals surface area (Å²) in [6, 6.07) is 3.96. The molecule has 4 heteroatoms. The maximum atomic E-state index is 5.60. The van der Waals surface area contributed by atoms with Gasteiger partial charge in [0.15, 0.2) is 0 Å². The smallest absolute Gasteiger partial charge is 0.477 e. The van der Waals surface area contributed by atoms with Gasteiger partial charge in [-0.1, -0.05) is 12.2 Å². The minimum atomic E-state index is 0.595. The Morgan fingerprint density at radius 2 is 1.94 bits per heavy atom. The first-order chi connectivity index (χ1) is 8.19. The third kappa shape index (κ3) is 4.15. The van der Waals surface area contributed by atoms with E-state index in [0.717, 1.165) is 22.6 Å². The van der Waals surface area contributed by atoms with Crippen LogP contribution in [-0.4, -0.2) is 21.3 Å². The molecule has 0 spiro atoms. The fraction of sp³-hybridized carbons (Fsp3) is 0.385. The van der Waals surface area contributed by atoms with Crippen molar-refractivity contribution >= 4 is 7.62 Å². The molecule has 17 heavy (non-hydrogen) atoms. The lowest BCUT2D eigenvalue weighted by molar-refractivity contribution is 0.361. The molecule has 1 aromatic rings. The van der Waals surface area contributed by atoms with Crippen molar-refractivity contribution in [2.75, 3.05) is 13.7 Å². The molecule has 3 nitrogen and oxygen atoms in total. The van der Waals surface area contributed by atoms with Crippen LogP contribution >= 0.6 is 0 Å². The average Bonchev–Trinajstić information content (AvgIpc) is 2.28. The predicted octanol–water partition coefficient (Wildman–Crippen LogP) is 2.39. The summed E-state index contributed by atoms with van der Waals surface area (Å²) in [5, 5.41) is 2.84. The molecule has 1 rings (SSSR count). The Bertz CT molecular complexity index is 368.